The number of nitrogens with zero attached hydrogens (tertiary/aromatic N) is 6. The highest BCUT2D eigenvalue weighted by Gasteiger charge is 2.39. The highest BCUT2D eigenvalue weighted by Crippen LogP contribution is 2.36. The second-order valence-corrected chi connectivity index (χ2v) is 10.6. The normalized spacial score (nSPS) is 16.9. The van der Waals surface area contributed by atoms with E-state index in [1.807, 2.05) is 12.1 Å². The number of benzene rings is 1. The maximum Gasteiger partial charge on any atom is 0.417 e. The van der Waals surface area contributed by atoms with E-state index in [0.29, 0.717) is 31.2 Å². The lowest BCUT2D eigenvalue weighted by Gasteiger charge is -2.33. The number of carbonyl (C=O) groups excluding carboxylic acids is 2. The Morgan fingerprint density at radius 2 is 1.90 bits per heavy atom. The van der Waals surface area contributed by atoms with Gasteiger partial charge in [0.1, 0.15) is 5.82 Å². The molecule has 212 valence electrons. The van der Waals surface area contributed by atoms with Gasteiger partial charge in [-0.2, -0.15) is 23.4 Å². The first-order chi connectivity index (χ1) is 19.6. The van der Waals surface area contributed by atoms with Crippen molar-refractivity contribution >= 4 is 23.6 Å². The van der Waals surface area contributed by atoms with E-state index in [9.17, 15) is 32.7 Å². The second-order valence-electron chi connectivity index (χ2n) is 9.47. The van der Waals surface area contributed by atoms with Crippen LogP contribution in [-0.4, -0.2) is 66.6 Å². The van der Waals surface area contributed by atoms with Crippen LogP contribution in [0.1, 0.15) is 56.7 Å². The number of aromatic nitrogens is 3. The molecule has 10 nitrogen and oxygen atoms in total. The van der Waals surface area contributed by atoms with Crippen molar-refractivity contribution < 1.29 is 27.9 Å². The number of hydrogen-bond donors (Lipinski definition) is 1. The standard InChI is InChI=1S/C27H23F3N6O4S/c28-27(29,30)19-14-16(3-4-17(19)15-31)25(39)35-9-1-2-20(35)23-33-24(38)22(37)21-26(40)34(10-11-36(21)23)12-13-41-18-5-7-32-8-6-18/h3-8,14,20,37H,1-2,9-13H2. The third-order valence-electron chi connectivity index (χ3n) is 7.06. The number of carbonyl (C=O) groups is 2. The van der Waals surface area contributed by atoms with Crippen LogP contribution >= 0.6 is 11.8 Å². The van der Waals surface area contributed by atoms with Crippen LogP contribution in [0.2, 0.25) is 0 Å². The van der Waals surface area contributed by atoms with Crippen molar-refractivity contribution in [2.45, 2.75) is 36.5 Å². The van der Waals surface area contributed by atoms with Gasteiger partial charge in [0.25, 0.3) is 11.8 Å². The lowest BCUT2D eigenvalue weighted by Crippen LogP contribution is -2.45. The molecule has 1 aromatic carbocycles. The van der Waals surface area contributed by atoms with Crippen molar-refractivity contribution in [3.63, 3.8) is 0 Å². The van der Waals surface area contributed by atoms with Gasteiger partial charge in [-0.3, -0.25) is 19.4 Å². The molecule has 4 heterocycles. The first-order valence-corrected chi connectivity index (χ1v) is 13.7. The Kier molecular flexibility index (Phi) is 7.72. The molecular formula is C27H23F3N6O4S. The zero-order valence-electron chi connectivity index (χ0n) is 21.5. The van der Waals surface area contributed by atoms with Gasteiger partial charge >= 0.3 is 11.7 Å². The number of hydrogen-bond acceptors (Lipinski definition) is 8. The SMILES string of the molecule is N#Cc1ccc(C(=O)N2CCCC2c2nc(=O)c(O)c3n2CCN(CCSc2ccncc2)C3=O)cc1C(F)(F)F. The molecule has 0 saturated carbocycles. The summed E-state index contributed by atoms with van der Waals surface area (Å²) in [6.07, 6.45) is -0.670. The molecule has 0 bridgehead atoms. The second kappa shape index (κ2) is 11.2. The number of amides is 2. The lowest BCUT2D eigenvalue weighted by molar-refractivity contribution is -0.137. The molecule has 0 radical (unpaired) electrons. The van der Waals surface area contributed by atoms with Crippen molar-refractivity contribution in [1.82, 2.24) is 24.3 Å². The van der Waals surface area contributed by atoms with Crippen LogP contribution in [0.3, 0.4) is 0 Å². The van der Waals surface area contributed by atoms with Gasteiger partial charge in [0.15, 0.2) is 5.69 Å². The van der Waals surface area contributed by atoms with Crippen LogP contribution in [0.5, 0.6) is 5.75 Å². The van der Waals surface area contributed by atoms with E-state index in [4.69, 9.17) is 5.26 Å². The monoisotopic (exact) mass is 584 g/mol. The largest absolute Gasteiger partial charge is 0.501 e. The molecule has 2 aliphatic rings. The number of halogens is 3. The third kappa shape index (κ3) is 5.49. The molecule has 1 unspecified atom stereocenters. The molecule has 1 fully saturated rings. The third-order valence-corrected chi connectivity index (χ3v) is 8.05. The molecule has 0 spiro atoms. The van der Waals surface area contributed by atoms with Gasteiger partial charge in [0.05, 0.1) is 23.2 Å². The van der Waals surface area contributed by atoms with Crippen LogP contribution in [0.4, 0.5) is 13.2 Å². The van der Waals surface area contributed by atoms with Gasteiger partial charge in [-0.15, -0.1) is 11.8 Å². The average Bonchev–Trinajstić information content (AvgIpc) is 3.45. The van der Waals surface area contributed by atoms with Crippen molar-refractivity contribution in [1.29, 1.82) is 5.26 Å². The number of rotatable bonds is 6. The maximum absolute atomic E-state index is 13.5. The highest BCUT2D eigenvalue weighted by atomic mass is 32.2. The van der Waals surface area contributed by atoms with E-state index in [1.54, 1.807) is 12.4 Å². The Morgan fingerprint density at radius 3 is 2.61 bits per heavy atom. The van der Waals surface area contributed by atoms with E-state index in [0.717, 1.165) is 17.0 Å². The predicted octanol–water partition coefficient (Wildman–Crippen LogP) is 3.46. The van der Waals surface area contributed by atoms with E-state index in [1.165, 1.54) is 32.2 Å². The van der Waals surface area contributed by atoms with Gasteiger partial charge in [0.2, 0.25) is 5.75 Å². The Bertz CT molecular complexity index is 1610. The Balaban J connectivity index is 1.42. The summed E-state index contributed by atoms with van der Waals surface area (Å²) in [5.41, 5.74) is -3.33. The van der Waals surface area contributed by atoms with E-state index >= 15 is 0 Å². The summed E-state index contributed by atoms with van der Waals surface area (Å²) in [6, 6.07) is 7.13. The van der Waals surface area contributed by atoms with Gasteiger partial charge < -0.3 is 19.5 Å². The fraction of sp³-hybridized carbons (Fsp3) is 0.333. The summed E-state index contributed by atoms with van der Waals surface area (Å²) in [4.78, 5) is 51.2. The number of thioether (sulfide) groups is 1. The molecule has 5 rings (SSSR count). The van der Waals surface area contributed by atoms with Crippen molar-refractivity contribution in [3.05, 3.63) is 81.3 Å². The minimum Gasteiger partial charge on any atom is -0.501 e. The van der Waals surface area contributed by atoms with Crippen LogP contribution in [0.25, 0.3) is 0 Å². The number of pyridine rings is 1. The summed E-state index contributed by atoms with van der Waals surface area (Å²) in [7, 11) is 0. The molecule has 2 aromatic heterocycles. The number of likely N-dealkylation sites (tertiary alicyclic amines) is 1. The zero-order chi connectivity index (χ0) is 29.3. The van der Waals surface area contributed by atoms with Gasteiger partial charge in [-0.1, -0.05) is 0 Å². The predicted molar refractivity (Wildman–Crippen MR) is 140 cm³/mol. The Hall–Kier alpha value is -4.38. The topological polar surface area (TPSA) is 132 Å². The Morgan fingerprint density at radius 1 is 1.15 bits per heavy atom. The molecule has 14 heteroatoms. The fourth-order valence-corrected chi connectivity index (χ4v) is 5.97. The van der Waals surface area contributed by atoms with Crippen molar-refractivity contribution in [3.8, 4) is 11.8 Å². The van der Waals surface area contributed by atoms with Crippen LogP contribution < -0.4 is 5.56 Å². The maximum atomic E-state index is 13.5. The molecule has 2 amide bonds. The van der Waals surface area contributed by atoms with Gasteiger partial charge in [-0.05, 0) is 43.2 Å². The molecule has 2 aliphatic heterocycles. The van der Waals surface area contributed by atoms with E-state index in [2.05, 4.69) is 9.97 Å². The molecule has 3 aromatic rings. The van der Waals surface area contributed by atoms with E-state index < -0.39 is 46.5 Å². The fourth-order valence-electron chi connectivity index (χ4n) is 5.11. The summed E-state index contributed by atoms with van der Waals surface area (Å²) < 4.78 is 42.0. The minimum atomic E-state index is -4.83. The number of alkyl halides is 3. The quantitative estimate of drug-likeness (QED) is 0.436. The van der Waals surface area contributed by atoms with Crippen LogP contribution in [0.15, 0.2) is 52.4 Å². The van der Waals surface area contributed by atoms with Crippen molar-refractivity contribution in [2.24, 2.45) is 0 Å². The summed E-state index contributed by atoms with van der Waals surface area (Å²) in [5.74, 6) is -1.41. The van der Waals surface area contributed by atoms with Crippen molar-refractivity contribution in [2.75, 3.05) is 25.4 Å². The molecule has 1 saturated heterocycles. The van der Waals surface area contributed by atoms with Gasteiger partial charge in [0, 0.05) is 54.8 Å². The number of aromatic hydroxyl groups is 1. The number of fused-ring (bicyclic) bond motifs is 1. The summed E-state index contributed by atoms with van der Waals surface area (Å²) >= 11 is 1.52. The molecule has 0 aliphatic carbocycles. The number of nitriles is 1. The van der Waals surface area contributed by atoms with Crippen LogP contribution in [-0.2, 0) is 12.7 Å². The Labute approximate surface area is 236 Å². The first-order valence-electron chi connectivity index (χ1n) is 12.7. The van der Waals surface area contributed by atoms with E-state index in [-0.39, 0.29) is 36.7 Å². The van der Waals surface area contributed by atoms with Gasteiger partial charge in [-0.25, -0.2) is 0 Å². The highest BCUT2D eigenvalue weighted by molar-refractivity contribution is 7.99. The lowest BCUT2D eigenvalue weighted by atomic mass is 10.0. The molecule has 41 heavy (non-hydrogen) atoms. The minimum absolute atomic E-state index is 0.0949. The first kappa shape index (κ1) is 28.2. The zero-order valence-corrected chi connectivity index (χ0v) is 22.3. The molecule has 1 N–H and O–H groups in total. The molecule has 1 atom stereocenters. The van der Waals surface area contributed by atoms with Crippen LogP contribution in [0, 0.1) is 11.3 Å². The summed E-state index contributed by atoms with van der Waals surface area (Å²) in [6.45, 7) is 1.00. The summed E-state index contributed by atoms with van der Waals surface area (Å²) in [5, 5.41) is 19.6. The molecular weight excluding hydrogens is 561 g/mol. The smallest absolute Gasteiger partial charge is 0.417 e. The average molecular weight is 585 g/mol.